The van der Waals surface area contributed by atoms with Crippen molar-refractivity contribution in [3.8, 4) is 5.75 Å². The van der Waals surface area contributed by atoms with Gasteiger partial charge in [-0.15, -0.1) is 11.3 Å². The van der Waals surface area contributed by atoms with E-state index in [1.54, 1.807) is 23.9 Å². The molecule has 1 aromatic heterocycles. The summed E-state index contributed by atoms with van der Waals surface area (Å²) >= 11 is 9.17. The Labute approximate surface area is 155 Å². The van der Waals surface area contributed by atoms with Crippen LogP contribution in [0.5, 0.6) is 5.75 Å². The summed E-state index contributed by atoms with van der Waals surface area (Å²) in [5, 5.41) is 11.5. The summed E-state index contributed by atoms with van der Waals surface area (Å²) in [6.45, 7) is 0.718. The van der Waals surface area contributed by atoms with Gasteiger partial charge in [-0.3, -0.25) is 10.1 Å². The number of benzene rings is 2. The van der Waals surface area contributed by atoms with Crippen molar-refractivity contribution in [2.45, 2.75) is 16.7 Å². The second-order valence-corrected chi connectivity index (χ2v) is 8.03. The van der Waals surface area contributed by atoms with Gasteiger partial charge in [-0.1, -0.05) is 23.4 Å². The van der Waals surface area contributed by atoms with E-state index in [9.17, 15) is 10.1 Å². The van der Waals surface area contributed by atoms with Crippen LogP contribution in [0.4, 0.5) is 5.69 Å². The molecule has 25 heavy (non-hydrogen) atoms. The van der Waals surface area contributed by atoms with E-state index >= 15 is 0 Å². The first kappa shape index (κ1) is 16.6. The quantitative estimate of drug-likeness (QED) is 0.351. The number of hydrogen-bond donors (Lipinski definition) is 0. The molecule has 0 amide bonds. The van der Waals surface area contributed by atoms with Gasteiger partial charge in [0.1, 0.15) is 5.75 Å². The minimum absolute atomic E-state index is 0.0741. The Morgan fingerprint density at radius 2 is 2.24 bits per heavy atom. The van der Waals surface area contributed by atoms with Gasteiger partial charge in [0.15, 0.2) is 11.1 Å². The first-order valence-electron chi connectivity index (χ1n) is 7.30. The van der Waals surface area contributed by atoms with E-state index in [1.165, 1.54) is 17.4 Å². The van der Waals surface area contributed by atoms with Gasteiger partial charge in [-0.25, -0.2) is 4.98 Å². The lowest BCUT2D eigenvalue weighted by Gasteiger charge is -2.20. The molecule has 6 nitrogen and oxygen atoms in total. The highest BCUT2D eigenvalue weighted by Crippen LogP contribution is 2.38. The minimum Gasteiger partial charge on any atom is -0.467 e. The molecule has 3 aromatic rings. The first-order chi connectivity index (χ1) is 12.1. The highest BCUT2D eigenvalue weighted by molar-refractivity contribution is 8.00. The van der Waals surface area contributed by atoms with Crippen LogP contribution in [0.3, 0.4) is 0 Å². The average molecular weight is 395 g/mol. The predicted octanol–water partition coefficient (Wildman–Crippen LogP) is 5.02. The lowest BCUT2D eigenvalue weighted by Crippen LogP contribution is -2.12. The molecule has 0 radical (unpaired) electrons. The van der Waals surface area contributed by atoms with E-state index in [0.29, 0.717) is 17.4 Å². The average Bonchev–Trinajstić information content (AvgIpc) is 3.01. The van der Waals surface area contributed by atoms with E-state index in [0.717, 1.165) is 31.4 Å². The van der Waals surface area contributed by atoms with Gasteiger partial charge in [-0.05, 0) is 18.2 Å². The van der Waals surface area contributed by atoms with Crippen molar-refractivity contribution in [3.05, 3.63) is 56.6 Å². The van der Waals surface area contributed by atoms with E-state index in [-0.39, 0.29) is 12.5 Å². The van der Waals surface area contributed by atoms with Gasteiger partial charge < -0.3 is 9.47 Å². The van der Waals surface area contributed by atoms with Crippen molar-refractivity contribution in [1.29, 1.82) is 0 Å². The Balaban J connectivity index is 1.58. The number of fused-ring (bicyclic) bond motifs is 2. The number of rotatable bonds is 4. The Bertz CT molecular complexity index is 976. The Kier molecular flexibility index (Phi) is 4.51. The minimum atomic E-state index is -0.399. The molecule has 1 aliphatic heterocycles. The highest BCUT2D eigenvalue weighted by atomic mass is 35.5. The number of nitro groups is 1. The van der Waals surface area contributed by atoms with Gasteiger partial charge in [0.05, 0.1) is 21.7 Å². The van der Waals surface area contributed by atoms with Crippen molar-refractivity contribution < 1.29 is 14.4 Å². The summed E-state index contributed by atoms with van der Waals surface area (Å²) in [4.78, 5) is 15.0. The van der Waals surface area contributed by atoms with Crippen molar-refractivity contribution in [2.75, 3.05) is 6.79 Å². The van der Waals surface area contributed by atoms with Crippen LogP contribution in [-0.2, 0) is 17.1 Å². The number of halogens is 1. The Morgan fingerprint density at radius 1 is 1.36 bits per heavy atom. The third kappa shape index (κ3) is 3.43. The third-order valence-corrected chi connectivity index (χ3v) is 6.09. The number of nitrogens with zero attached hydrogens (tertiary/aromatic N) is 2. The molecule has 0 atom stereocenters. The lowest BCUT2D eigenvalue weighted by molar-refractivity contribution is -0.384. The van der Waals surface area contributed by atoms with Crippen LogP contribution in [-0.4, -0.2) is 16.7 Å². The second-order valence-electron chi connectivity index (χ2n) is 5.34. The molecule has 0 unspecified atom stereocenters. The molecule has 0 saturated heterocycles. The Hall–Kier alpha value is -1.87. The molecule has 128 valence electrons. The van der Waals surface area contributed by atoms with E-state index in [1.807, 2.05) is 12.1 Å². The van der Waals surface area contributed by atoms with Gasteiger partial charge in [0.2, 0.25) is 0 Å². The molecule has 1 aliphatic rings. The molecule has 0 N–H and O–H groups in total. The zero-order chi connectivity index (χ0) is 17.4. The third-order valence-electron chi connectivity index (χ3n) is 3.67. The maximum Gasteiger partial charge on any atom is 0.270 e. The number of non-ortho nitro benzene ring substituents is 1. The molecule has 4 rings (SSSR count). The number of hydrogen-bond acceptors (Lipinski definition) is 7. The maximum atomic E-state index is 10.9. The van der Waals surface area contributed by atoms with E-state index in [2.05, 4.69) is 4.98 Å². The summed E-state index contributed by atoms with van der Waals surface area (Å²) in [5.74, 6) is 1.46. The predicted molar refractivity (Wildman–Crippen MR) is 97.6 cm³/mol. The fraction of sp³-hybridized carbons (Fsp3) is 0.188. The molecule has 2 heterocycles. The molecule has 2 aromatic carbocycles. The normalized spacial score (nSPS) is 13.5. The van der Waals surface area contributed by atoms with Gasteiger partial charge in [0.25, 0.3) is 5.69 Å². The first-order valence-corrected chi connectivity index (χ1v) is 9.48. The van der Waals surface area contributed by atoms with E-state index in [4.69, 9.17) is 21.1 Å². The van der Waals surface area contributed by atoms with Crippen molar-refractivity contribution in [2.24, 2.45) is 0 Å². The molecular weight excluding hydrogens is 384 g/mol. The van der Waals surface area contributed by atoms with Crippen molar-refractivity contribution >= 4 is 50.6 Å². The number of nitro benzene ring substituents is 1. The van der Waals surface area contributed by atoms with Crippen molar-refractivity contribution in [1.82, 2.24) is 4.98 Å². The molecule has 0 spiro atoms. The zero-order valence-corrected chi connectivity index (χ0v) is 15.1. The van der Waals surface area contributed by atoms with E-state index < -0.39 is 4.92 Å². The van der Waals surface area contributed by atoms with Gasteiger partial charge in [-0.2, -0.15) is 0 Å². The van der Waals surface area contributed by atoms with Crippen LogP contribution in [0.25, 0.3) is 10.2 Å². The summed E-state index contributed by atoms with van der Waals surface area (Å²) in [7, 11) is 0. The van der Waals surface area contributed by atoms with Crippen LogP contribution < -0.4 is 4.74 Å². The topological polar surface area (TPSA) is 74.5 Å². The fourth-order valence-corrected chi connectivity index (χ4v) is 4.90. The molecule has 9 heteroatoms. The smallest absolute Gasteiger partial charge is 0.270 e. The molecular formula is C16H11ClN2O4S2. The molecule has 0 saturated carbocycles. The van der Waals surface area contributed by atoms with Crippen LogP contribution in [0, 0.1) is 10.1 Å². The molecule has 0 bridgehead atoms. The van der Waals surface area contributed by atoms with Crippen LogP contribution >= 0.6 is 34.7 Å². The summed E-state index contributed by atoms with van der Waals surface area (Å²) < 4.78 is 12.5. The highest BCUT2D eigenvalue weighted by Gasteiger charge is 2.17. The van der Waals surface area contributed by atoms with Crippen molar-refractivity contribution in [3.63, 3.8) is 0 Å². The molecule has 0 aliphatic carbocycles. The Morgan fingerprint density at radius 3 is 3.08 bits per heavy atom. The standard InChI is InChI=1S/C16H11ClN2O4S2/c17-11-3-9-6-22-8-23-15(9)10(4-11)7-24-16-18-13-2-1-12(19(20)21)5-14(13)25-16/h1-5H,6-8H2. The lowest BCUT2D eigenvalue weighted by atomic mass is 10.1. The van der Waals surface area contributed by atoms with Gasteiger partial charge >= 0.3 is 0 Å². The van der Waals surface area contributed by atoms with Gasteiger partial charge in [0, 0.05) is 34.0 Å². The number of thiazole rings is 1. The number of ether oxygens (including phenoxy) is 2. The monoisotopic (exact) mass is 394 g/mol. The summed E-state index contributed by atoms with van der Waals surface area (Å²) in [5.41, 5.74) is 2.76. The largest absolute Gasteiger partial charge is 0.467 e. The fourth-order valence-electron chi connectivity index (χ4n) is 2.57. The van der Waals surface area contributed by atoms with Crippen LogP contribution in [0.1, 0.15) is 11.1 Å². The number of thioether (sulfide) groups is 1. The summed E-state index contributed by atoms with van der Waals surface area (Å²) in [6.07, 6.45) is 0. The zero-order valence-electron chi connectivity index (χ0n) is 12.7. The molecule has 0 fully saturated rings. The maximum absolute atomic E-state index is 10.9. The SMILES string of the molecule is O=[N+]([O-])c1ccc2nc(SCc3cc(Cl)cc4c3OCOC4)sc2c1. The van der Waals surface area contributed by atoms with Crippen LogP contribution in [0.2, 0.25) is 5.02 Å². The summed E-state index contributed by atoms with van der Waals surface area (Å²) in [6, 6.07) is 8.43. The van der Waals surface area contributed by atoms with Crippen LogP contribution in [0.15, 0.2) is 34.7 Å². The second kappa shape index (κ2) is 6.80. The number of aromatic nitrogens is 1.